The quantitative estimate of drug-likeness (QED) is 0.402. The number of aliphatic hydroxyl groups is 1. The summed E-state index contributed by atoms with van der Waals surface area (Å²) in [4.78, 5) is 25.4. The minimum absolute atomic E-state index is 0.0115. The van der Waals surface area contributed by atoms with Crippen LogP contribution in [0.15, 0.2) is 42.9 Å². The van der Waals surface area contributed by atoms with Crippen molar-refractivity contribution < 1.29 is 19.0 Å². The molecule has 1 aromatic carbocycles. The molecule has 10 heteroatoms. The van der Waals surface area contributed by atoms with E-state index in [2.05, 4.69) is 25.6 Å². The van der Waals surface area contributed by atoms with Crippen LogP contribution in [0, 0.1) is 5.82 Å². The lowest BCUT2D eigenvalue weighted by atomic mass is 9.93. The number of carbonyl (C=O) groups is 1. The zero-order chi connectivity index (χ0) is 24.1. The molecule has 2 heterocycles. The fourth-order valence-corrected chi connectivity index (χ4v) is 3.97. The number of anilines is 3. The second kappa shape index (κ2) is 10.8. The van der Waals surface area contributed by atoms with Gasteiger partial charge in [-0.3, -0.25) is 4.98 Å². The second-order valence-electron chi connectivity index (χ2n) is 8.04. The van der Waals surface area contributed by atoms with E-state index in [9.17, 15) is 14.3 Å². The number of nitrogens with zero attached hydrogens (tertiary/aromatic N) is 3. The van der Waals surface area contributed by atoms with Crippen molar-refractivity contribution in [2.24, 2.45) is 0 Å². The number of hydrogen-bond acceptors (Lipinski definition) is 8. The zero-order valence-electron chi connectivity index (χ0n) is 18.6. The Hall–Kier alpha value is -3.30. The number of nitrogens with one attached hydrogen (secondary N) is 2. The van der Waals surface area contributed by atoms with E-state index < -0.39 is 11.8 Å². The maximum absolute atomic E-state index is 13.5. The summed E-state index contributed by atoms with van der Waals surface area (Å²) in [6, 6.07) is 6.06. The van der Waals surface area contributed by atoms with Gasteiger partial charge in [0.25, 0.3) is 0 Å². The lowest BCUT2D eigenvalue weighted by Gasteiger charge is -2.27. The molecule has 3 N–H and O–H groups in total. The third-order valence-electron chi connectivity index (χ3n) is 5.56. The van der Waals surface area contributed by atoms with Crippen molar-refractivity contribution in [3.8, 4) is 11.1 Å². The molecule has 1 aliphatic rings. The number of hydrogen-bond donors (Lipinski definition) is 3. The summed E-state index contributed by atoms with van der Waals surface area (Å²) in [5.41, 5.74) is 2.18. The summed E-state index contributed by atoms with van der Waals surface area (Å²) in [7, 11) is 0. The average Bonchev–Trinajstić information content (AvgIpc) is 2.83. The number of rotatable bonds is 7. The normalized spacial score (nSPS) is 17.8. The van der Waals surface area contributed by atoms with Crippen LogP contribution in [-0.2, 0) is 4.74 Å². The summed E-state index contributed by atoms with van der Waals surface area (Å²) in [6.45, 7) is 2.01. The first-order valence-electron chi connectivity index (χ1n) is 11.1. The summed E-state index contributed by atoms with van der Waals surface area (Å²) >= 11 is 5.89. The van der Waals surface area contributed by atoms with Gasteiger partial charge < -0.3 is 20.5 Å². The highest BCUT2D eigenvalue weighted by Gasteiger charge is 2.22. The zero-order valence-corrected chi connectivity index (χ0v) is 19.3. The molecule has 0 saturated heterocycles. The largest absolute Gasteiger partial charge is 0.462 e. The van der Waals surface area contributed by atoms with Crippen LogP contribution < -0.4 is 10.6 Å². The summed E-state index contributed by atoms with van der Waals surface area (Å²) in [6.07, 6.45) is 7.43. The molecular formula is C24H25ClFN5O3. The van der Waals surface area contributed by atoms with E-state index in [-0.39, 0.29) is 23.8 Å². The fourth-order valence-electron chi connectivity index (χ4n) is 3.79. The lowest BCUT2D eigenvalue weighted by molar-refractivity contribution is 0.0526. The van der Waals surface area contributed by atoms with Crippen LogP contribution in [0.1, 0.15) is 43.0 Å². The third-order valence-corrected chi connectivity index (χ3v) is 5.85. The highest BCUT2D eigenvalue weighted by Crippen LogP contribution is 2.31. The van der Waals surface area contributed by atoms with E-state index in [0.717, 1.165) is 12.8 Å². The molecule has 3 aromatic rings. The van der Waals surface area contributed by atoms with Gasteiger partial charge >= 0.3 is 5.97 Å². The Morgan fingerprint density at radius 1 is 1.21 bits per heavy atom. The van der Waals surface area contributed by atoms with Gasteiger partial charge in [0.1, 0.15) is 11.6 Å². The molecule has 0 bridgehead atoms. The maximum atomic E-state index is 13.5. The molecule has 1 saturated carbocycles. The van der Waals surface area contributed by atoms with Crippen LogP contribution >= 0.6 is 11.6 Å². The van der Waals surface area contributed by atoms with E-state index >= 15 is 0 Å². The number of halogens is 2. The molecule has 1 aliphatic carbocycles. The number of pyridine rings is 1. The number of aromatic nitrogens is 3. The Labute approximate surface area is 201 Å². The van der Waals surface area contributed by atoms with Gasteiger partial charge in [-0.05, 0) is 56.9 Å². The summed E-state index contributed by atoms with van der Waals surface area (Å²) in [5, 5.41) is 16.3. The van der Waals surface area contributed by atoms with Gasteiger partial charge in [0.05, 0.1) is 23.3 Å². The fraction of sp³-hybridized carbons (Fsp3) is 0.333. The van der Waals surface area contributed by atoms with Gasteiger partial charge in [0.15, 0.2) is 0 Å². The number of benzene rings is 1. The van der Waals surface area contributed by atoms with Crippen molar-refractivity contribution in [3.05, 3.63) is 59.3 Å². The standard InChI is InChI=1S/C24H25ClFN5O3/c1-2-34-23(33)15-9-14(11-27-12-15)19-13-28-24(30-17-5-8-21(26)20(25)10-17)31-22(19)29-16-3-6-18(32)7-4-16/h5,8-13,16,18,32H,2-4,6-7H2,1H3,(H2,28,29,30,31). The lowest BCUT2D eigenvalue weighted by Crippen LogP contribution is -2.28. The molecule has 8 nitrogen and oxygen atoms in total. The molecule has 0 unspecified atom stereocenters. The number of aliphatic hydroxyl groups excluding tert-OH is 1. The van der Waals surface area contributed by atoms with Crippen LogP contribution in [0.4, 0.5) is 21.8 Å². The molecule has 34 heavy (non-hydrogen) atoms. The first kappa shape index (κ1) is 23.8. The molecule has 0 atom stereocenters. The third kappa shape index (κ3) is 5.78. The first-order valence-corrected chi connectivity index (χ1v) is 11.5. The predicted molar refractivity (Wildman–Crippen MR) is 128 cm³/mol. The number of esters is 1. The van der Waals surface area contributed by atoms with E-state index in [4.69, 9.17) is 16.3 Å². The van der Waals surface area contributed by atoms with Crippen molar-refractivity contribution >= 4 is 35.0 Å². The Bertz CT molecular complexity index is 1170. The number of carbonyl (C=O) groups excluding carboxylic acids is 1. The van der Waals surface area contributed by atoms with Crippen molar-refractivity contribution in [1.82, 2.24) is 15.0 Å². The van der Waals surface area contributed by atoms with Gasteiger partial charge in [-0.15, -0.1) is 0 Å². The van der Waals surface area contributed by atoms with Crippen LogP contribution in [0.25, 0.3) is 11.1 Å². The van der Waals surface area contributed by atoms with Crippen molar-refractivity contribution in [3.63, 3.8) is 0 Å². The molecule has 2 aromatic heterocycles. The molecule has 0 aliphatic heterocycles. The van der Waals surface area contributed by atoms with Crippen molar-refractivity contribution in [1.29, 1.82) is 0 Å². The molecule has 0 spiro atoms. The predicted octanol–water partition coefficient (Wildman–Crippen LogP) is 4.97. The van der Waals surface area contributed by atoms with E-state index in [0.29, 0.717) is 47.0 Å². The highest BCUT2D eigenvalue weighted by atomic mass is 35.5. The molecule has 0 amide bonds. The number of ether oxygens (including phenoxy) is 1. The maximum Gasteiger partial charge on any atom is 0.339 e. The Morgan fingerprint density at radius 3 is 2.74 bits per heavy atom. The van der Waals surface area contributed by atoms with E-state index in [1.54, 1.807) is 31.5 Å². The topological polar surface area (TPSA) is 109 Å². The summed E-state index contributed by atoms with van der Waals surface area (Å²) in [5.74, 6) is -0.131. The van der Waals surface area contributed by atoms with Gasteiger partial charge in [0, 0.05) is 41.4 Å². The Balaban J connectivity index is 1.66. The Kier molecular flexibility index (Phi) is 7.54. The first-order chi connectivity index (χ1) is 16.4. The molecule has 0 radical (unpaired) electrons. The molecule has 4 rings (SSSR count). The SMILES string of the molecule is CCOC(=O)c1cncc(-c2cnc(Nc3ccc(F)c(Cl)c3)nc2NC2CCC(O)CC2)c1. The molecular weight excluding hydrogens is 461 g/mol. The van der Waals surface area contributed by atoms with Crippen molar-refractivity contribution in [2.75, 3.05) is 17.2 Å². The molecule has 178 valence electrons. The van der Waals surface area contributed by atoms with E-state index in [1.165, 1.54) is 18.3 Å². The van der Waals surface area contributed by atoms with Gasteiger partial charge in [0.2, 0.25) is 5.95 Å². The van der Waals surface area contributed by atoms with Gasteiger partial charge in [-0.2, -0.15) is 4.98 Å². The van der Waals surface area contributed by atoms with E-state index in [1.807, 2.05) is 0 Å². The van der Waals surface area contributed by atoms with Crippen LogP contribution in [0.2, 0.25) is 5.02 Å². The van der Waals surface area contributed by atoms with Crippen LogP contribution in [-0.4, -0.2) is 44.8 Å². The van der Waals surface area contributed by atoms with Crippen molar-refractivity contribution in [2.45, 2.75) is 44.8 Å². The highest BCUT2D eigenvalue weighted by molar-refractivity contribution is 6.31. The van der Waals surface area contributed by atoms with Crippen LogP contribution in [0.3, 0.4) is 0 Å². The van der Waals surface area contributed by atoms with Crippen LogP contribution in [0.5, 0.6) is 0 Å². The smallest absolute Gasteiger partial charge is 0.339 e. The summed E-state index contributed by atoms with van der Waals surface area (Å²) < 4.78 is 18.6. The molecule has 1 fully saturated rings. The minimum Gasteiger partial charge on any atom is -0.462 e. The Morgan fingerprint density at radius 2 is 2.00 bits per heavy atom. The van der Waals surface area contributed by atoms with Gasteiger partial charge in [-0.1, -0.05) is 11.6 Å². The van der Waals surface area contributed by atoms with Gasteiger partial charge in [-0.25, -0.2) is 14.2 Å². The average molecular weight is 486 g/mol. The monoisotopic (exact) mass is 485 g/mol. The second-order valence-corrected chi connectivity index (χ2v) is 8.45. The minimum atomic E-state index is -0.515.